The van der Waals surface area contributed by atoms with Crippen molar-refractivity contribution in [3.05, 3.63) is 51.8 Å². The number of carbonyl (C=O) groups is 1. The molecule has 0 saturated heterocycles. The van der Waals surface area contributed by atoms with E-state index in [0.29, 0.717) is 22.3 Å². The maximum atomic E-state index is 13.1. The van der Waals surface area contributed by atoms with Gasteiger partial charge in [0.25, 0.3) is 11.6 Å². The minimum atomic E-state index is -0.525. The molecule has 2 heterocycles. The number of anilines is 1. The van der Waals surface area contributed by atoms with Crippen molar-refractivity contribution < 1.29 is 14.5 Å². The van der Waals surface area contributed by atoms with Crippen molar-refractivity contribution in [3.8, 4) is 5.75 Å². The molecule has 0 aliphatic carbocycles. The largest absolute Gasteiger partial charge is 0.495 e. The first-order chi connectivity index (χ1) is 13.7. The molecule has 0 spiro atoms. The number of ether oxygens (including phenoxy) is 1. The molecule has 0 fully saturated rings. The molecule has 0 radical (unpaired) electrons. The standard InChI is InChI=1S/C20H23N5O4/c1-11(2)16-9-14(15-10-21-24(12(3)4)19(15)22-16)20(26)23-17-8-13(25(27)28)6-7-18(17)29-5/h6-12H,1-5H3,(H,23,26). The molecule has 0 aliphatic heterocycles. The lowest BCUT2D eigenvalue weighted by Crippen LogP contribution is -2.15. The summed E-state index contributed by atoms with van der Waals surface area (Å²) in [5.74, 6) is 0.0198. The van der Waals surface area contributed by atoms with Crippen molar-refractivity contribution in [2.75, 3.05) is 12.4 Å². The molecule has 1 aromatic carbocycles. The number of methoxy groups -OCH3 is 1. The average Bonchev–Trinajstić information content (AvgIpc) is 3.11. The van der Waals surface area contributed by atoms with Crippen LogP contribution in [0, 0.1) is 10.1 Å². The number of pyridine rings is 1. The van der Waals surface area contributed by atoms with Gasteiger partial charge in [-0.05, 0) is 31.9 Å². The zero-order valence-corrected chi connectivity index (χ0v) is 17.0. The van der Waals surface area contributed by atoms with Gasteiger partial charge in [0.1, 0.15) is 5.75 Å². The highest BCUT2D eigenvalue weighted by atomic mass is 16.6. The van der Waals surface area contributed by atoms with E-state index in [-0.39, 0.29) is 23.3 Å². The highest BCUT2D eigenvalue weighted by Gasteiger charge is 2.21. The first-order valence-electron chi connectivity index (χ1n) is 9.24. The summed E-state index contributed by atoms with van der Waals surface area (Å²) < 4.78 is 7.01. The first kappa shape index (κ1) is 20.2. The van der Waals surface area contributed by atoms with Gasteiger partial charge in [-0.15, -0.1) is 0 Å². The molecule has 29 heavy (non-hydrogen) atoms. The van der Waals surface area contributed by atoms with Gasteiger partial charge >= 0.3 is 0 Å². The van der Waals surface area contributed by atoms with Crippen molar-refractivity contribution in [1.82, 2.24) is 14.8 Å². The van der Waals surface area contributed by atoms with E-state index < -0.39 is 10.8 Å². The van der Waals surface area contributed by atoms with Crippen LogP contribution in [0.25, 0.3) is 11.0 Å². The molecule has 9 nitrogen and oxygen atoms in total. The Morgan fingerprint density at radius 3 is 2.55 bits per heavy atom. The number of rotatable bonds is 6. The van der Waals surface area contributed by atoms with E-state index in [1.54, 1.807) is 16.9 Å². The number of hydrogen-bond acceptors (Lipinski definition) is 6. The third kappa shape index (κ3) is 3.89. The number of hydrogen-bond donors (Lipinski definition) is 1. The molecule has 0 bridgehead atoms. The molecule has 0 atom stereocenters. The first-order valence-corrected chi connectivity index (χ1v) is 9.24. The SMILES string of the molecule is COc1ccc([N+](=O)[O-])cc1NC(=O)c1cc(C(C)C)nc2c1cnn2C(C)C. The maximum absolute atomic E-state index is 13.1. The summed E-state index contributed by atoms with van der Waals surface area (Å²) in [6.07, 6.45) is 1.62. The number of nitrogens with zero attached hydrogens (tertiary/aromatic N) is 4. The number of nitrogens with one attached hydrogen (secondary N) is 1. The van der Waals surface area contributed by atoms with Crippen molar-refractivity contribution >= 4 is 28.3 Å². The number of carbonyl (C=O) groups excluding carboxylic acids is 1. The zero-order chi connectivity index (χ0) is 21.3. The van der Waals surface area contributed by atoms with E-state index in [2.05, 4.69) is 15.4 Å². The van der Waals surface area contributed by atoms with Gasteiger partial charge in [-0.1, -0.05) is 13.8 Å². The zero-order valence-electron chi connectivity index (χ0n) is 17.0. The molecule has 0 unspecified atom stereocenters. The number of non-ortho nitro benzene ring substituents is 1. The van der Waals surface area contributed by atoms with Crippen LogP contribution in [0.1, 0.15) is 55.7 Å². The van der Waals surface area contributed by atoms with Crippen molar-refractivity contribution in [2.45, 2.75) is 39.7 Å². The molecule has 1 amide bonds. The lowest BCUT2D eigenvalue weighted by molar-refractivity contribution is -0.384. The summed E-state index contributed by atoms with van der Waals surface area (Å²) in [5.41, 5.74) is 1.87. The molecule has 3 aromatic rings. The fourth-order valence-corrected chi connectivity index (χ4v) is 3.00. The molecular formula is C20H23N5O4. The van der Waals surface area contributed by atoms with Crippen LogP contribution in [0.4, 0.5) is 11.4 Å². The Balaban J connectivity index is 2.10. The van der Waals surface area contributed by atoms with Crippen LogP contribution in [0.2, 0.25) is 0 Å². The van der Waals surface area contributed by atoms with E-state index in [0.717, 1.165) is 5.69 Å². The van der Waals surface area contributed by atoms with Crippen LogP contribution in [0.15, 0.2) is 30.5 Å². The summed E-state index contributed by atoms with van der Waals surface area (Å²) in [5, 5.41) is 18.8. The number of nitro groups is 1. The average molecular weight is 397 g/mol. The summed E-state index contributed by atoms with van der Waals surface area (Å²) in [7, 11) is 1.44. The van der Waals surface area contributed by atoms with E-state index >= 15 is 0 Å². The predicted octanol–water partition coefficient (Wildman–Crippen LogP) is 4.30. The van der Waals surface area contributed by atoms with Gasteiger partial charge in [0.05, 0.1) is 34.9 Å². The van der Waals surface area contributed by atoms with Crippen LogP contribution >= 0.6 is 0 Å². The molecule has 9 heteroatoms. The lowest BCUT2D eigenvalue weighted by Gasteiger charge is -2.13. The van der Waals surface area contributed by atoms with Gasteiger partial charge in [0, 0.05) is 23.9 Å². The van der Waals surface area contributed by atoms with Gasteiger partial charge in [-0.2, -0.15) is 5.10 Å². The van der Waals surface area contributed by atoms with Crippen molar-refractivity contribution in [2.24, 2.45) is 0 Å². The minimum Gasteiger partial charge on any atom is -0.495 e. The van der Waals surface area contributed by atoms with E-state index in [1.165, 1.54) is 25.3 Å². The second-order valence-corrected chi connectivity index (χ2v) is 7.27. The predicted molar refractivity (Wildman–Crippen MR) is 110 cm³/mol. The minimum absolute atomic E-state index is 0.0789. The number of nitro benzene ring substituents is 1. The molecule has 1 N–H and O–H groups in total. The fraction of sp³-hybridized carbons (Fsp3) is 0.350. The summed E-state index contributed by atoms with van der Waals surface area (Å²) >= 11 is 0. The summed E-state index contributed by atoms with van der Waals surface area (Å²) in [4.78, 5) is 28.4. The Morgan fingerprint density at radius 2 is 1.97 bits per heavy atom. The highest BCUT2D eigenvalue weighted by Crippen LogP contribution is 2.30. The topological polar surface area (TPSA) is 112 Å². The van der Waals surface area contributed by atoms with Gasteiger partial charge < -0.3 is 10.1 Å². The number of amides is 1. The summed E-state index contributed by atoms with van der Waals surface area (Å²) in [6, 6.07) is 5.86. The third-order valence-electron chi connectivity index (χ3n) is 4.55. The van der Waals surface area contributed by atoms with Gasteiger partial charge in [-0.25, -0.2) is 9.67 Å². The smallest absolute Gasteiger partial charge is 0.271 e. The van der Waals surface area contributed by atoms with E-state index in [1.807, 2.05) is 27.7 Å². The van der Waals surface area contributed by atoms with Crippen LogP contribution in [-0.2, 0) is 0 Å². The second-order valence-electron chi connectivity index (χ2n) is 7.27. The Bertz CT molecular complexity index is 1090. The van der Waals surface area contributed by atoms with Gasteiger partial charge in [0.2, 0.25) is 0 Å². The molecule has 152 valence electrons. The Morgan fingerprint density at radius 1 is 1.24 bits per heavy atom. The van der Waals surface area contributed by atoms with Crippen LogP contribution in [0.3, 0.4) is 0 Å². The van der Waals surface area contributed by atoms with Crippen molar-refractivity contribution in [3.63, 3.8) is 0 Å². The lowest BCUT2D eigenvalue weighted by atomic mass is 10.0. The Kier molecular flexibility index (Phi) is 5.49. The fourth-order valence-electron chi connectivity index (χ4n) is 3.00. The van der Waals surface area contributed by atoms with Crippen LogP contribution < -0.4 is 10.1 Å². The quantitative estimate of drug-likeness (QED) is 0.490. The van der Waals surface area contributed by atoms with Crippen LogP contribution in [0.5, 0.6) is 5.75 Å². The van der Waals surface area contributed by atoms with Gasteiger partial charge in [-0.3, -0.25) is 14.9 Å². The molecule has 2 aromatic heterocycles. The van der Waals surface area contributed by atoms with Crippen LogP contribution in [-0.4, -0.2) is 32.7 Å². The molecule has 0 aliphatic rings. The summed E-state index contributed by atoms with van der Waals surface area (Å²) in [6.45, 7) is 7.97. The van der Waals surface area contributed by atoms with E-state index in [9.17, 15) is 14.9 Å². The Labute approximate surface area is 167 Å². The molecular weight excluding hydrogens is 374 g/mol. The number of fused-ring (bicyclic) bond motifs is 1. The van der Waals surface area contributed by atoms with Crippen molar-refractivity contribution in [1.29, 1.82) is 0 Å². The molecule has 3 rings (SSSR count). The highest BCUT2D eigenvalue weighted by molar-refractivity contribution is 6.12. The normalized spacial score (nSPS) is 11.3. The van der Waals surface area contributed by atoms with Gasteiger partial charge in [0.15, 0.2) is 5.65 Å². The second kappa shape index (κ2) is 7.86. The maximum Gasteiger partial charge on any atom is 0.271 e. The Hall–Kier alpha value is -3.49. The van der Waals surface area contributed by atoms with E-state index in [4.69, 9.17) is 4.74 Å². The number of benzene rings is 1. The number of aromatic nitrogens is 3. The molecule has 0 saturated carbocycles. The third-order valence-corrected chi connectivity index (χ3v) is 4.55. The monoisotopic (exact) mass is 397 g/mol.